The number of fused-ring (bicyclic) bond motifs is 1. The van der Waals surface area contributed by atoms with Gasteiger partial charge in [-0.15, -0.1) is 10.2 Å². The zero-order valence-corrected chi connectivity index (χ0v) is 17.1. The first-order valence-electron chi connectivity index (χ1n) is 9.22. The van der Waals surface area contributed by atoms with Crippen LogP contribution in [0.15, 0.2) is 47.6 Å². The Hall–Kier alpha value is -3.02. The molecular weight excluding hydrogens is 458 g/mol. The van der Waals surface area contributed by atoms with Crippen molar-refractivity contribution in [3.63, 3.8) is 0 Å². The van der Waals surface area contributed by atoms with Crippen LogP contribution in [-0.2, 0) is 12.4 Å². The van der Waals surface area contributed by atoms with Gasteiger partial charge in [0.2, 0.25) is 5.16 Å². The second-order valence-electron chi connectivity index (χ2n) is 7.00. The Morgan fingerprint density at radius 2 is 1.59 bits per heavy atom. The minimum absolute atomic E-state index is 0.00814. The van der Waals surface area contributed by atoms with Crippen molar-refractivity contribution in [3.8, 4) is 11.4 Å². The molecule has 4 rings (SSSR count). The highest BCUT2D eigenvalue weighted by Crippen LogP contribution is 2.37. The summed E-state index contributed by atoms with van der Waals surface area (Å²) in [5.41, 5.74) is -2.39. The third-order valence-corrected chi connectivity index (χ3v) is 5.74. The fraction of sp³-hybridized carbons (Fsp3) is 0.250. The number of rotatable bonds is 2. The monoisotopic (exact) mass is 472 g/mol. The van der Waals surface area contributed by atoms with Gasteiger partial charge in [-0.25, -0.2) is 9.69 Å². The fourth-order valence-electron chi connectivity index (χ4n) is 3.31. The Morgan fingerprint density at radius 1 is 0.969 bits per heavy atom. The fourth-order valence-corrected chi connectivity index (χ4v) is 4.16. The van der Waals surface area contributed by atoms with Crippen molar-refractivity contribution in [1.82, 2.24) is 14.9 Å². The van der Waals surface area contributed by atoms with Crippen LogP contribution in [0, 0.1) is 6.92 Å². The second-order valence-corrected chi connectivity index (χ2v) is 8.07. The van der Waals surface area contributed by atoms with E-state index in [0.717, 1.165) is 10.6 Å². The molecule has 1 aliphatic rings. The van der Waals surface area contributed by atoms with Crippen LogP contribution in [0.1, 0.15) is 27.0 Å². The van der Waals surface area contributed by atoms with E-state index in [1.807, 2.05) is 13.0 Å². The summed E-state index contributed by atoms with van der Waals surface area (Å²) < 4.78 is 80.8. The van der Waals surface area contributed by atoms with Crippen molar-refractivity contribution >= 4 is 17.7 Å². The number of aromatic nitrogens is 3. The Bertz CT molecular complexity index is 1160. The third-order valence-electron chi connectivity index (χ3n) is 4.84. The van der Waals surface area contributed by atoms with Crippen molar-refractivity contribution in [2.24, 2.45) is 0 Å². The summed E-state index contributed by atoms with van der Waals surface area (Å²) in [6.45, 7) is 1.85. The molecule has 1 aliphatic heterocycles. The molecule has 0 fully saturated rings. The molecule has 3 aromatic rings. The normalized spacial score (nSPS) is 14.4. The van der Waals surface area contributed by atoms with E-state index in [-0.39, 0.29) is 18.4 Å². The van der Waals surface area contributed by atoms with Gasteiger partial charge in [-0.1, -0.05) is 36.0 Å². The molecule has 168 valence electrons. The van der Waals surface area contributed by atoms with Crippen molar-refractivity contribution in [2.45, 2.75) is 24.4 Å². The number of thioether (sulfide) groups is 1. The van der Waals surface area contributed by atoms with Gasteiger partial charge in [0.1, 0.15) is 0 Å². The molecule has 0 saturated carbocycles. The maximum Gasteiger partial charge on any atom is 0.416 e. The molecule has 0 aliphatic carbocycles. The first kappa shape index (κ1) is 22.2. The second kappa shape index (κ2) is 7.84. The zero-order chi connectivity index (χ0) is 23.3. The lowest BCUT2D eigenvalue weighted by Gasteiger charge is -2.29. The molecule has 1 amide bonds. The average Bonchev–Trinajstić information content (AvgIpc) is 3.16. The molecule has 2 heterocycles. The molecule has 0 radical (unpaired) electrons. The molecule has 2 aromatic carbocycles. The predicted octanol–water partition coefficient (Wildman–Crippen LogP) is 5.18. The summed E-state index contributed by atoms with van der Waals surface area (Å²) in [5.74, 6) is -0.401. The number of alkyl halides is 6. The number of nitrogens with zero attached hydrogens (tertiary/aromatic N) is 4. The van der Waals surface area contributed by atoms with E-state index in [4.69, 9.17) is 0 Å². The van der Waals surface area contributed by atoms with Gasteiger partial charge >= 0.3 is 12.4 Å². The van der Waals surface area contributed by atoms with Crippen molar-refractivity contribution in [3.05, 3.63) is 64.7 Å². The lowest BCUT2D eigenvalue weighted by atomic mass is 10.0. The maximum absolute atomic E-state index is 13.2. The number of benzene rings is 2. The van der Waals surface area contributed by atoms with Crippen LogP contribution in [0.5, 0.6) is 0 Å². The van der Waals surface area contributed by atoms with Gasteiger partial charge in [0.15, 0.2) is 5.82 Å². The Kier molecular flexibility index (Phi) is 5.43. The molecule has 0 unspecified atom stereocenters. The SMILES string of the molecule is Cc1ccccc1-c1nnc2n1N(C(=O)c1cc(C(F)(F)F)cc(C(F)(F)F)c1)CCS2. The highest BCUT2D eigenvalue weighted by atomic mass is 32.2. The highest BCUT2D eigenvalue weighted by molar-refractivity contribution is 7.99. The molecule has 0 bridgehead atoms. The Balaban J connectivity index is 1.83. The van der Waals surface area contributed by atoms with Crippen LogP contribution < -0.4 is 5.01 Å². The number of halogens is 6. The molecule has 12 heteroatoms. The van der Waals surface area contributed by atoms with E-state index in [9.17, 15) is 31.1 Å². The summed E-state index contributed by atoms with van der Waals surface area (Å²) in [5, 5.41) is 9.53. The summed E-state index contributed by atoms with van der Waals surface area (Å²) in [7, 11) is 0. The summed E-state index contributed by atoms with van der Waals surface area (Å²) in [6, 6.07) is 7.93. The molecule has 0 N–H and O–H groups in total. The lowest BCUT2D eigenvalue weighted by Crippen LogP contribution is -2.45. The number of hydrogen-bond acceptors (Lipinski definition) is 4. The summed E-state index contributed by atoms with van der Waals surface area (Å²) in [6.07, 6.45) is -10.1. The molecule has 5 nitrogen and oxygen atoms in total. The first-order chi connectivity index (χ1) is 15.0. The van der Waals surface area contributed by atoms with Gasteiger partial charge in [-0.05, 0) is 30.7 Å². The molecule has 0 spiro atoms. The van der Waals surface area contributed by atoms with E-state index in [0.29, 0.717) is 28.6 Å². The minimum Gasteiger partial charge on any atom is -0.267 e. The van der Waals surface area contributed by atoms with Crippen molar-refractivity contribution < 1.29 is 31.1 Å². The first-order valence-corrected chi connectivity index (χ1v) is 10.2. The van der Waals surface area contributed by atoms with Crippen LogP contribution >= 0.6 is 11.8 Å². The zero-order valence-electron chi connectivity index (χ0n) is 16.3. The van der Waals surface area contributed by atoms with E-state index in [1.165, 1.54) is 16.4 Å². The van der Waals surface area contributed by atoms with Gasteiger partial charge in [0, 0.05) is 16.9 Å². The summed E-state index contributed by atoms with van der Waals surface area (Å²) >= 11 is 1.28. The predicted molar refractivity (Wildman–Crippen MR) is 105 cm³/mol. The smallest absolute Gasteiger partial charge is 0.267 e. The third kappa shape index (κ3) is 4.06. The van der Waals surface area contributed by atoms with E-state index in [2.05, 4.69) is 10.2 Å². The highest BCUT2D eigenvalue weighted by Gasteiger charge is 2.38. The van der Waals surface area contributed by atoms with Crippen LogP contribution in [0.2, 0.25) is 0 Å². The van der Waals surface area contributed by atoms with Crippen LogP contribution in [0.25, 0.3) is 11.4 Å². The van der Waals surface area contributed by atoms with Gasteiger partial charge in [-0.2, -0.15) is 26.3 Å². The number of amides is 1. The topological polar surface area (TPSA) is 51.0 Å². The number of aryl methyl sites for hydroxylation is 1. The summed E-state index contributed by atoms with van der Waals surface area (Å²) in [4.78, 5) is 13.2. The van der Waals surface area contributed by atoms with Crippen LogP contribution in [0.3, 0.4) is 0 Å². The Labute approximate surface area is 182 Å². The lowest BCUT2D eigenvalue weighted by molar-refractivity contribution is -0.143. The molecule has 0 saturated heterocycles. The average molecular weight is 472 g/mol. The standard InChI is InChI=1S/C20H14F6N4OS/c1-11-4-2-3-5-15(11)16-27-28-18-30(16)29(6-7-32-18)17(31)12-8-13(19(21,22)23)10-14(9-12)20(24,25)26/h2-5,8-10H,6-7H2,1H3. The van der Waals surface area contributed by atoms with Crippen LogP contribution in [-0.4, -0.2) is 33.1 Å². The molecule has 32 heavy (non-hydrogen) atoms. The van der Waals surface area contributed by atoms with Gasteiger partial charge in [0.05, 0.1) is 17.7 Å². The van der Waals surface area contributed by atoms with E-state index >= 15 is 0 Å². The van der Waals surface area contributed by atoms with Crippen molar-refractivity contribution in [2.75, 3.05) is 17.3 Å². The minimum atomic E-state index is -5.05. The number of carbonyl (C=O) groups excluding carboxylic acids is 1. The van der Waals surface area contributed by atoms with Crippen molar-refractivity contribution in [1.29, 1.82) is 0 Å². The van der Waals surface area contributed by atoms with Gasteiger partial charge in [-0.3, -0.25) is 4.79 Å². The Morgan fingerprint density at radius 3 is 2.19 bits per heavy atom. The van der Waals surface area contributed by atoms with E-state index in [1.54, 1.807) is 18.2 Å². The molecular formula is C20H14F6N4OS. The molecule has 1 aromatic heterocycles. The van der Waals surface area contributed by atoms with E-state index < -0.39 is 35.0 Å². The quantitative estimate of drug-likeness (QED) is 0.483. The maximum atomic E-state index is 13.2. The molecule has 0 atom stereocenters. The van der Waals surface area contributed by atoms with Crippen LogP contribution in [0.4, 0.5) is 26.3 Å². The van der Waals surface area contributed by atoms with Gasteiger partial charge in [0.25, 0.3) is 5.91 Å². The number of hydrogen-bond donors (Lipinski definition) is 0. The van der Waals surface area contributed by atoms with Gasteiger partial charge < -0.3 is 0 Å². The largest absolute Gasteiger partial charge is 0.416 e. The number of carbonyl (C=O) groups is 1.